The molecule has 5 heteroatoms. The molecule has 1 nitrogen and oxygen atoms in total. The quantitative estimate of drug-likeness (QED) is 0.406. The van der Waals surface area contributed by atoms with Crippen molar-refractivity contribution in [2.24, 2.45) is 0 Å². The van der Waals surface area contributed by atoms with Crippen LogP contribution in [0.3, 0.4) is 0 Å². The maximum atomic E-state index is 12.8. The van der Waals surface area contributed by atoms with Crippen molar-refractivity contribution in [3.63, 3.8) is 0 Å². The minimum absolute atomic E-state index is 0.265. The molecule has 0 unspecified atom stereocenters. The Labute approximate surface area is 81.2 Å². The van der Waals surface area contributed by atoms with E-state index in [-0.39, 0.29) is 6.54 Å². The fourth-order valence-corrected chi connectivity index (χ4v) is 0.973. The maximum absolute atomic E-state index is 12.8. The van der Waals surface area contributed by atoms with Gasteiger partial charge in [-0.25, -0.2) is 17.6 Å². The van der Waals surface area contributed by atoms with E-state index in [1.807, 2.05) is 0 Å². The monoisotopic (exact) mass is 213 g/mol. The van der Waals surface area contributed by atoms with Crippen molar-refractivity contribution in [3.8, 4) is 0 Å². The molecule has 0 aliphatic rings. The molecule has 0 aromatic heterocycles. The van der Waals surface area contributed by atoms with E-state index < -0.39 is 24.8 Å². The van der Waals surface area contributed by atoms with Gasteiger partial charge in [0.1, 0.15) is 0 Å². The molecule has 0 rings (SSSR count). The van der Waals surface area contributed by atoms with E-state index >= 15 is 0 Å². The van der Waals surface area contributed by atoms with Crippen LogP contribution >= 0.6 is 0 Å². The second-order valence-corrected chi connectivity index (χ2v) is 3.30. The molecule has 0 aromatic carbocycles. The zero-order chi connectivity index (χ0) is 11.2. The fraction of sp³-hybridized carbons (Fsp3) is 0.778. The molecule has 0 bridgehead atoms. The van der Waals surface area contributed by atoms with Gasteiger partial charge in [-0.1, -0.05) is 12.2 Å². The molecule has 1 N–H and O–H groups in total. The Balaban J connectivity index is 3.83. The van der Waals surface area contributed by atoms with Gasteiger partial charge in [0.25, 0.3) is 11.8 Å². The summed E-state index contributed by atoms with van der Waals surface area (Å²) in [6.07, 6.45) is 1.92. The van der Waals surface area contributed by atoms with Crippen molar-refractivity contribution in [1.29, 1.82) is 0 Å². The third-order valence-electron chi connectivity index (χ3n) is 1.45. The Kier molecular flexibility index (Phi) is 5.12. The van der Waals surface area contributed by atoms with Crippen LogP contribution in [-0.4, -0.2) is 24.9 Å². The van der Waals surface area contributed by atoms with Crippen LogP contribution in [0.25, 0.3) is 0 Å². The summed E-state index contributed by atoms with van der Waals surface area (Å²) in [6.45, 7) is 1.79. The average molecular weight is 213 g/mol. The minimum Gasteiger partial charge on any atom is -0.308 e. The molecule has 0 saturated heterocycles. The lowest BCUT2D eigenvalue weighted by atomic mass is 10.1. The topological polar surface area (TPSA) is 12.0 Å². The summed E-state index contributed by atoms with van der Waals surface area (Å²) < 4.78 is 50.1. The first kappa shape index (κ1) is 13.4. The van der Waals surface area contributed by atoms with Gasteiger partial charge in [-0.2, -0.15) is 0 Å². The molecule has 84 valence electrons. The molecule has 0 atom stereocenters. The molecule has 0 aliphatic carbocycles. The summed E-state index contributed by atoms with van der Waals surface area (Å²) in [5.41, 5.74) is 0. The van der Waals surface area contributed by atoms with Crippen molar-refractivity contribution in [2.45, 2.75) is 32.1 Å². The van der Waals surface area contributed by atoms with Gasteiger partial charge in [0.15, 0.2) is 0 Å². The highest BCUT2D eigenvalue weighted by molar-refractivity contribution is 4.82. The molecular formula is C9H15F4N. The summed E-state index contributed by atoms with van der Waals surface area (Å²) in [7, 11) is 0. The predicted molar refractivity (Wildman–Crippen MR) is 47.9 cm³/mol. The Bertz CT molecular complexity index is 184. The Hall–Kier alpha value is -0.580. The fourth-order valence-electron chi connectivity index (χ4n) is 0.973. The third kappa shape index (κ3) is 8.04. The van der Waals surface area contributed by atoms with Crippen molar-refractivity contribution in [3.05, 3.63) is 12.2 Å². The van der Waals surface area contributed by atoms with Gasteiger partial charge in [0.05, 0.1) is 13.0 Å². The normalized spacial score (nSPS) is 13.9. The first-order chi connectivity index (χ1) is 6.27. The van der Waals surface area contributed by atoms with E-state index in [4.69, 9.17) is 0 Å². The number of nitrogens with one attached hydrogen (secondary N) is 1. The number of allylic oxidation sites excluding steroid dienone is 1. The van der Waals surface area contributed by atoms with Crippen LogP contribution in [-0.2, 0) is 0 Å². The maximum Gasteiger partial charge on any atom is 0.266 e. The lowest BCUT2D eigenvalue weighted by Gasteiger charge is -2.20. The van der Waals surface area contributed by atoms with Gasteiger partial charge >= 0.3 is 0 Å². The molecule has 0 aliphatic heterocycles. The van der Waals surface area contributed by atoms with Crippen LogP contribution in [0.15, 0.2) is 12.2 Å². The first-order valence-electron chi connectivity index (χ1n) is 4.34. The van der Waals surface area contributed by atoms with Crippen LogP contribution in [0.5, 0.6) is 0 Å². The Morgan fingerprint density at radius 1 is 1.21 bits per heavy atom. The molecule has 0 saturated carbocycles. The van der Waals surface area contributed by atoms with E-state index in [1.54, 1.807) is 19.1 Å². The van der Waals surface area contributed by atoms with Crippen LogP contribution in [0, 0.1) is 0 Å². The van der Waals surface area contributed by atoms with Crippen molar-refractivity contribution in [2.75, 3.05) is 13.1 Å². The molecule has 14 heavy (non-hydrogen) atoms. The average Bonchev–Trinajstić information content (AvgIpc) is 1.93. The van der Waals surface area contributed by atoms with Crippen LogP contribution in [0.2, 0.25) is 0 Å². The van der Waals surface area contributed by atoms with Crippen molar-refractivity contribution < 1.29 is 17.6 Å². The molecular weight excluding hydrogens is 198 g/mol. The van der Waals surface area contributed by atoms with E-state index in [1.165, 1.54) is 0 Å². The molecule has 0 radical (unpaired) electrons. The highest BCUT2D eigenvalue weighted by Crippen LogP contribution is 2.29. The molecule has 0 heterocycles. The van der Waals surface area contributed by atoms with Gasteiger partial charge in [-0.05, 0) is 13.8 Å². The van der Waals surface area contributed by atoms with E-state index in [2.05, 4.69) is 5.32 Å². The summed E-state index contributed by atoms with van der Waals surface area (Å²) in [5.74, 6) is -6.69. The number of alkyl halides is 4. The van der Waals surface area contributed by atoms with Crippen molar-refractivity contribution >= 4 is 0 Å². The van der Waals surface area contributed by atoms with Crippen LogP contribution < -0.4 is 5.32 Å². The summed E-state index contributed by atoms with van der Waals surface area (Å²) >= 11 is 0. The van der Waals surface area contributed by atoms with Crippen LogP contribution in [0.4, 0.5) is 17.6 Å². The molecule has 0 aromatic rings. The zero-order valence-corrected chi connectivity index (χ0v) is 8.29. The smallest absolute Gasteiger partial charge is 0.266 e. The van der Waals surface area contributed by atoms with Crippen LogP contribution in [0.1, 0.15) is 20.3 Å². The second kappa shape index (κ2) is 5.34. The molecule has 0 fully saturated rings. The molecule has 0 amide bonds. The summed E-state index contributed by atoms with van der Waals surface area (Å²) in [5, 5.41) is 2.38. The lowest BCUT2D eigenvalue weighted by Crippen LogP contribution is -2.37. The van der Waals surface area contributed by atoms with E-state index in [0.29, 0.717) is 6.92 Å². The van der Waals surface area contributed by atoms with Gasteiger partial charge in [-0.3, -0.25) is 0 Å². The van der Waals surface area contributed by atoms with E-state index in [0.717, 1.165) is 0 Å². The van der Waals surface area contributed by atoms with Gasteiger partial charge in [0, 0.05) is 6.54 Å². The first-order valence-corrected chi connectivity index (χ1v) is 4.34. The zero-order valence-electron chi connectivity index (χ0n) is 8.29. The Morgan fingerprint density at radius 2 is 1.79 bits per heavy atom. The SMILES string of the molecule is C/C=C/CNCC(F)(F)CC(C)(F)F. The standard InChI is InChI=1S/C9H15F4N/c1-3-4-5-14-7-9(12,13)6-8(2,10)11/h3-4,14H,5-7H2,1-2H3/b4-3+. The number of hydrogen-bond donors (Lipinski definition) is 1. The summed E-state index contributed by atoms with van der Waals surface area (Å²) in [4.78, 5) is 0. The number of rotatable bonds is 6. The number of hydrogen-bond acceptors (Lipinski definition) is 1. The largest absolute Gasteiger partial charge is 0.308 e. The van der Waals surface area contributed by atoms with Gasteiger partial charge < -0.3 is 5.32 Å². The second-order valence-electron chi connectivity index (χ2n) is 3.30. The Morgan fingerprint density at radius 3 is 2.21 bits per heavy atom. The number of halogens is 4. The summed E-state index contributed by atoms with van der Waals surface area (Å²) in [6, 6.07) is 0. The van der Waals surface area contributed by atoms with Crippen molar-refractivity contribution in [1.82, 2.24) is 5.32 Å². The predicted octanol–water partition coefficient (Wildman–Crippen LogP) is 2.83. The van der Waals surface area contributed by atoms with E-state index in [9.17, 15) is 17.6 Å². The minimum atomic E-state index is -3.36. The third-order valence-corrected chi connectivity index (χ3v) is 1.45. The lowest BCUT2D eigenvalue weighted by molar-refractivity contribution is -0.0981. The molecule has 0 spiro atoms. The van der Waals surface area contributed by atoms with Gasteiger partial charge in [-0.15, -0.1) is 0 Å². The highest BCUT2D eigenvalue weighted by Gasteiger charge is 2.39. The highest BCUT2D eigenvalue weighted by atomic mass is 19.3. The van der Waals surface area contributed by atoms with Gasteiger partial charge in [0.2, 0.25) is 0 Å².